The van der Waals surface area contributed by atoms with Gasteiger partial charge in [-0.2, -0.15) is 0 Å². The second-order valence-corrected chi connectivity index (χ2v) is 6.28. The van der Waals surface area contributed by atoms with Crippen LogP contribution in [0.4, 0.5) is 0 Å². The van der Waals surface area contributed by atoms with Crippen molar-refractivity contribution in [2.75, 3.05) is 6.54 Å². The summed E-state index contributed by atoms with van der Waals surface area (Å²) in [7, 11) is 0. The Balaban J connectivity index is 1.88. The lowest BCUT2D eigenvalue weighted by Gasteiger charge is -2.47. The van der Waals surface area contributed by atoms with Crippen LogP contribution in [0.5, 0.6) is 0 Å². The highest BCUT2D eigenvalue weighted by Gasteiger charge is 2.38. The van der Waals surface area contributed by atoms with Crippen LogP contribution in [0.1, 0.15) is 58.8 Å². The van der Waals surface area contributed by atoms with E-state index < -0.39 is 0 Å². The maximum atomic E-state index is 12.3. The minimum absolute atomic E-state index is 0.129. The predicted molar refractivity (Wildman–Crippen MR) is 69.6 cm³/mol. The second kappa shape index (κ2) is 4.97. The molecule has 1 saturated carbocycles. The van der Waals surface area contributed by atoms with Crippen molar-refractivity contribution >= 4 is 5.91 Å². The molecule has 1 aliphatic heterocycles. The van der Waals surface area contributed by atoms with Gasteiger partial charge in [0.25, 0.3) is 0 Å². The average molecular weight is 238 g/mol. The summed E-state index contributed by atoms with van der Waals surface area (Å²) >= 11 is 0. The standard InChI is InChI=1S/C14H26N2O/c1-14(2)12(15)7-4-10-16(14)13(17)9-8-11-5-3-6-11/h11-12H,3-10,15H2,1-2H3. The molecule has 0 spiro atoms. The van der Waals surface area contributed by atoms with Crippen molar-refractivity contribution in [1.82, 2.24) is 4.90 Å². The molecule has 0 aromatic rings. The third-order valence-electron chi connectivity index (χ3n) is 4.79. The van der Waals surface area contributed by atoms with E-state index >= 15 is 0 Å². The summed E-state index contributed by atoms with van der Waals surface area (Å²) in [4.78, 5) is 14.3. The number of carbonyl (C=O) groups is 1. The molecule has 3 nitrogen and oxygen atoms in total. The number of nitrogens with zero attached hydrogens (tertiary/aromatic N) is 1. The smallest absolute Gasteiger partial charge is 0.223 e. The Hall–Kier alpha value is -0.570. The number of hydrogen-bond acceptors (Lipinski definition) is 2. The summed E-state index contributed by atoms with van der Waals surface area (Å²) in [6, 6.07) is 0.129. The quantitative estimate of drug-likeness (QED) is 0.820. The normalized spacial score (nSPS) is 28.9. The van der Waals surface area contributed by atoms with Crippen molar-refractivity contribution in [2.45, 2.75) is 70.4 Å². The van der Waals surface area contributed by atoms with Gasteiger partial charge in [-0.05, 0) is 39.0 Å². The molecular formula is C14H26N2O. The van der Waals surface area contributed by atoms with E-state index in [1.54, 1.807) is 0 Å². The molecule has 0 aromatic carbocycles. The Bertz CT molecular complexity index is 284. The van der Waals surface area contributed by atoms with Crippen LogP contribution in [0.25, 0.3) is 0 Å². The third kappa shape index (κ3) is 2.65. The molecule has 1 amide bonds. The highest BCUT2D eigenvalue weighted by atomic mass is 16.2. The molecule has 0 radical (unpaired) electrons. The molecule has 1 saturated heterocycles. The molecule has 1 aliphatic carbocycles. The summed E-state index contributed by atoms with van der Waals surface area (Å²) in [6.07, 6.45) is 7.92. The van der Waals surface area contributed by atoms with E-state index in [2.05, 4.69) is 13.8 Å². The first-order chi connectivity index (χ1) is 8.01. The van der Waals surface area contributed by atoms with Gasteiger partial charge in [0.05, 0.1) is 5.54 Å². The van der Waals surface area contributed by atoms with Crippen LogP contribution in [0.2, 0.25) is 0 Å². The first-order valence-corrected chi connectivity index (χ1v) is 7.08. The first kappa shape index (κ1) is 12.9. The van der Waals surface area contributed by atoms with Gasteiger partial charge in [-0.1, -0.05) is 19.3 Å². The van der Waals surface area contributed by atoms with Crippen molar-refractivity contribution in [3.8, 4) is 0 Å². The van der Waals surface area contributed by atoms with Crippen molar-refractivity contribution in [3.05, 3.63) is 0 Å². The van der Waals surface area contributed by atoms with E-state index in [4.69, 9.17) is 5.73 Å². The number of amides is 1. The van der Waals surface area contributed by atoms with Crippen LogP contribution in [0.15, 0.2) is 0 Å². The summed E-state index contributed by atoms with van der Waals surface area (Å²) in [6.45, 7) is 5.11. The molecule has 2 rings (SSSR count). The fourth-order valence-electron chi connectivity index (χ4n) is 3.00. The fraction of sp³-hybridized carbons (Fsp3) is 0.929. The Labute approximate surface area is 105 Å². The maximum absolute atomic E-state index is 12.3. The van der Waals surface area contributed by atoms with E-state index in [-0.39, 0.29) is 11.6 Å². The lowest BCUT2D eigenvalue weighted by Crippen LogP contribution is -2.61. The van der Waals surface area contributed by atoms with Crippen LogP contribution in [0.3, 0.4) is 0 Å². The molecule has 98 valence electrons. The zero-order valence-electron chi connectivity index (χ0n) is 11.2. The van der Waals surface area contributed by atoms with Crippen molar-refractivity contribution < 1.29 is 4.79 Å². The second-order valence-electron chi connectivity index (χ2n) is 6.28. The molecule has 17 heavy (non-hydrogen) atoms. The minimum Gasteiger partial charge on any atom is -0.336 e. The monoisotopic (exact) mass is 238 g/mol. The summed E-state index contributed by atoms with van der Waals surface area (Å²) in [5, 5.41) is 0. The van der Waals surface area contributed by atoms with E-state index in [0.29, 0.717) is 5.91 Å². The molecule has 2 fully saturated rings. The van der Waals surface area contributed by atoms with Crippen LogP contribution in [0, 0.1) is 5.92 Å². The minimum atomic E-state index is -0.158. The highest BCUT2D eigenvalue weighted by molar-refractivity contribution is 5.77. The van der Waals surface area contributed by atoms with Gasteiger partial charge in [-0.25, -0.2) is 0 Å². The molecule has 0 aromatic heterocycles. The molecule has 1 unspecified atom stereocenters. The SMILES string of the molecule is CC1(C)C(N)CCCN1C(=O)CCC1CCC1. The van der Waals surface area contributed by atoms with Crippen molar-refractivity contribution in [3.63, 3.8) is 0 Å². The zero-order valence-corrected chi connectivity index (χ0v) is 11.2. The Morgan fingerprint density at radius 1 is 1.29 bits per heavy atom. The van der Waals surface area contributed by atoms with E-state index in [9.17, 15) is 4.79 Å². The number of likely N-dealkylation sites (tertiary alicyclic amines) is 1. The number of carbonyl (C=O) groups excluding carboxylic acids is 1. The summed E-state index contributed by atoms with van der Waals surface area (Å²) in [5.74, 6) is 1.14. The highest BCUT2D eigenvalue weighted by Crippen LogP contribution is 2.32. The fourth-order valence-corrected chi connectivity index (χ4v) is 3.00. The lowest BCUT2D eigenvalue weighted by molar-refractivity contribution is -0.139. The predicted octanol–water partition coefficient (Wildman–Crippen LogP) is 2.29. The topological polar surface area (TPSA) is 46.3 Å². The molecular weight excluding hydrogens is 212 g/mol. The van der Waals surface area contributed by atoms with Gasteiger partial charge in [-0.15, -0.1) is 0 Å². The molecule has 1 atom stereocenters. The van der Waals surface area contributed by atoms with Crippen LogP contribution >= 0.6 is 0 Å². The number of hydrogen-bond donors (Lipinski definition) is 1. The van der Waals surface area contributed by atoms with Gasteiger partial charge in [0.1, 0.15) is 0 Å². The van der Waals surface area contributed by atoms with Gasteiger partial charge in [-0.3, -0.25) is 4.79 Å². The van der Waals surface area contributed by atoms with Crippen LogP contribution < -0.4 is 5.73 Å². The average Bonchev–Trinajstić information content (AvgIpc) is 2.19. The summed E-state index contributed by atoms with van der Waals surface area (Å²) in [5.41, 5.74) is 5.98. The molecule has 2 aliphatic rings. The van der Waals surface area contributed by atoms with Gasteiger partial charge in [0, 0.05) is 19.0 Å². The summed E-state index contributed by atoms with van der Waals surface area (Å²) < 4.78 is 0. The van der Waals surface area contributed by atoms with Gasteiger partial charge in [0.2, 0.25) is 5.91 Å². The van der Waals surface area contributed by atoms with Gasteiger partial charge in [0.15, 0.2) is 0 Å². The van der Waals surface area contributed by atoms with E-state index in [1.165, 1.54) is 19.3 Å². The van der Waals surface area contributed by atoms with Crippen LogP contribution in [-0.2, 0) is 4.79 Å². The molecule has 3 heteroatoms. The maximum Gasteiger partial charge on any atom is 0.223 e. The van der Waals surface area contributed by atoms with E-state index in [1.807, 2.05) is 4.90 Å². The largest absolute Gasteiger partial charge is 0.336 e. The number of rotatable bonds is 3. The zero-order chi connectivity index (χ0) is 12.5. The Kier molecular flexibility index (Phi) is 3.76. The molecule has 2 N–H and O–H groups in total. The van der Waals surface area contributed by atoms with E-state index in [0.717, 1.165) is 38.1 Å². The third-order valence-corrected chi connectivity index (χ3v) is 4.79. The molecule has 1 heterocycles. The first-order valence-electron chi connectivity index (χ1n) is 7.08. The van der Waals surface area contributed by atoms with Gasteiger partial charge >= 0.3 is 0 Å². The number of nitrogens with two attached hydrogens (primary N) is 1. The number of piperidine rings is 1. The van der Waals surface area contributed by atoms with Crippen molar-refractivity contribution in [1.29, 1.82) is 0 Å². The van der Waals surface area contributed by atoms with Crippen LogP contribution in [-0.4, -0.2) is 28.9 Å². The Morgan fingerprint density at radius 2 is 2.00 bits per heavy atom. The van der Waals surface area contributed by atoms with Crippen molar-refractivity contribution in [2.24, 2.45) is 11.7 Å². The Morgan fingerprint density at radius 3 is 2.59 bits per heavy atom. The lowest BCUT2D eigenvalue weighted by atomic mass is 9.81. The molecule has 0 bridgehead atoms. The van der Waals surface area contributed by atoms with Gasteiger partial charge < -0.3 is 10.6 Å².